The van der Waals surface area contributed by atoms with E-state index in [1.165, 1.54) is 0 Å². The van der Waals surface area contributed by atoms with Gasteiger partial charge in [-0.05, 0) is 99.0 Å². The monoisotopic (exact) mass is 582 g/mol. The standard InChI is InChI=1S/C33H34N4O6/c1-32(2,3)43-31(40)37-33(15-16-33)20-41-23-10-8-21(9-11-23)29(38)36-28-19-25(14-17-35-28)42-24-12-13-26-22(18-24)6-5-7-27(26)30(39)34-4/h5-14,17-19H,15-16,20H2,1-4H3,(H,34,39)(H,37,40)(H,35,36,38). The second-order valence-corrected chi connectivity index (χ2v) is 11.4. The minimum Gasteiger partial charge on any atom is -0.491 e. The molecule has 1 fully saturated rings. The van der Waals surface area contributed by atoms with Gasteiger partial charge >= 0.3 is 6.09 Å². The van der Waals surface area contributed by atoms with Crippen LogP contribution in [0.2, 0.25) is 0 Å². The first kappa shape index (κ1) is 29.4. The van der Waals surface area contributed by atoms with Gasteiger partial charge in [0.15, 0.2) is 0 Å². The summed E-state index contributed by atoms with van der Waals surface area (Å²) in [5, 5.41) is 10.0. The lowest BCUT2D eigenvalue weighted by atomic mass is 10.0. The van der Waals surface area contributed by atoms with E-state index in [2.05, 4.69) is 20.9 Å². The van der Waals surface area contributed by atoms with Crippen LogP contribution in [0.3, 0.4) is 0 Å². The van der Waals surface area contributed by atoms with Crippen molar-refractivity contribution in [3.8, 4) is 17.2 Å². The van der Waals surface area contributed by atoms with Crippen molar-refractivity contribution in [1.29, 1.82) is 0 Å². The summed E-state index contributed by atoms with van der Waals surface area (Å²) in [7, 11) is 1.60. The van der Waals surface area contributed by atoms with E-state index in [1.807, 2.05) is 45.0 Å². The normalized spacial score (nSPS) is 13.5. The lowest BCUT2D eigenvalue weighted by Gasteiger charge is -2.23. The minimum absolute atomic E-state index is 0.157. The molecule has 0 unspecified atom stereocenters. The molecule has 0 bridgehead atoms. The van der Waals surface area contributed by atoms with Crippen molar-refractivity contribution >= 4 is 34.5 Å². The fraction of sp³-hybridized carbons (Fsp3) is 0.273. The molecule has 43 heavy (non-hydrogen) atoms. The topological polar surface area (TPSA) is 128 Å². The summed E-state index contributed by atoms with van der Waals surface area (Å²) in [5.41, 5.74) is 0.00862. The molecule has 10 nitrogen and oxygen atoms in total. The van der Waals surface area contributed by atoms with E-state index in [0.29, 0.717) is 40.8 Å². The lowest BCUT2D eigenvalue weighted by molar-refractivity contribution is 0.0476. The highest BCUT2D eigenvalue weighted by Crippen LogP contribution is 2.36. The van der Waals surface area contributed by atoms with E-state index in [0.717, 1.165) is 23.6 Å². The molecule has 3 amide bonds. The average molecular weight is 583 g/mol. The molecule has 0 aliphatic heterocycles. The molecule has 1 heterocycles. The van der Waals surface area contributed by atoms with Gasteiger partial charge in [-0.1, -0.05) is 12.1 Å². The Bertz CT molecular complexity index is 1660. The quantitative estimate of drug-likeness (QED) is 0.218. The van der Waals surface area contributed by atoms with Gasteiger partial charge in [-0.15, -0.1) is 0 Å². The molecule has 0 atom stereocenters. The molecule has 0 saturated heterocycles. The molecule has 3 N–H and O–H groups in total. The molecule has 4 aromatic rings. The summed E-state index contributed by atoms with van der Waals surface area (Å²) in [6.45, 7) is 5.76. The zero-order valence-electron chi connectivity index (χ0n) is 24.5. The van der Waals surface area contributed by atoms with Crippen LogP contribution in [0.5, 0.6) is 17.2 Å². The number of carbonyl (C=O) groups excluding carboxylic acids is 3. The Balaban J connectivity index is 1.17. The van der Waals surface area contributed by atoms with Gasteiger partial charge in [-0.3, -0.25) is 9.59 Å². The number of hydrogen-bond donors (Lipinski definition) is 3. The first-order chi connectivity index (χ1) is 20.5. The molecule has 0 radical (unpaired) electrons. The second-order valence-electron chi connectivity index (χ2n) is 11.4. The van der Waals surface area contributed by atoms with E-state index in [4.69, 9.17) is 14.2 Å². The smallest absolute Gasteiger partial charge is 0.408 e. The molecule has 5 rings (SSSR count). The maximum atomic E-state index is 12.9. The van der Waals surface area contributed by atoms with E-state index in [1.54, 1.807) is 61.8 Å². The molecule has 0 spiro atoms. The summed E-state index contributed by atoms with van der Waals surface area (Å²) in [5.74, 6) is 1.48. The average Bonchev–Trinajstić information content (AvgIpc) is 3.73. The van der Waals surface area contributed by atoms with Crippen LogP contribution in [0.1, 0.15) is 54.3 Å². The van der Waals surface area contributed by atoms with E-state index in [-0.39, 0.29) is 11.8 Å². The number of benzene rings is 3. The Hall–Kier alpha value is -5.12. The Morgan fingerprint density at radius 2 is 1.60 bits per heavy atom. The van der Waals surface area contributed by atoms with Crippen molar-refractivity contribution in [2.45, 2.75) is 44.8 Å². The fourth-order valence-corrected chi connectivity index (χ4v) is 4.43. The summed E-state index contributed by atoms with van der Waals surface area (Å²) in [6.07, 6.45) is 2.70. The molecular weight excluding hydrogens is 548 g/mol. The van der Waals surface area contributed by atoms with Crippen LogP contribution in [0.15, 0.2) is 79.0 Å². The van der Waals surface area contributed by atoms with Crippen LogP contribution in [0.4, 0.5) is 10.6 Å². The van der Waals surface area contributed by atoms with Crippen molar-refractivity contribution in [2.24, 2.45) is 0 Å². The molecule has 1 aromatic heterocycles. The molecule has 10 heteroatoms. The zero-order valence-corrected chi connectivity index (χ0v) is 24.5. The predicted molar refractivity (Wildman–Crippen MR) is 163 cm³/mol. The molecular formula is C33H34N4O6. The van der Waals surface area contributed by atoms with Crippen LogP contribution in [-0.2, 0) is 4.74 Å². The van der Waals surface area contributed by atoms with Crippen molar-refractivity contribution in [3.05, 3.63) is 90.1 Å². The number of pyridine rings is 1. The molecule has 3 aromatic carbocycles. The number of carbonyl (C=O) groups is 3. The van der Waals surface area contributed by atoms with Crippen molar-refractivity contribution in [3.63, 3.8) is 0 Å². The number of nitrogens with one attached hydrogen (secondary N) is 3. The highest BCUT2D eigenvalue weighted by molar-refractivity contribution is 6.07. The van der Waals surface area contributed by atoms with Crippen LogP contribution in [-0.4, -0.2) is 47.7 Å². The minimum atomic E-state index is -0.570. The third-order valence-electron chi connectivity index (χ3n) is 6.78. The summed E-state index contributed by atoms with van der Waals surface area (Å²) in [4.78, 5) is 41.4. The Morgan fingerprint density at radius 1 is 0.884 bits per heavy atom. The van der Waals surface area contributed by atoms with E-state index >= 15 is 0 Å². The molecule has 222 valence electrons. The van der Waals surface area contributed by atoms with E-state index in [9.17, 15) is 14.4 Å². The molecule has 1 aliphatic carbocycles. The van der Waals surface area contributed by atoms with Gasteiger partial charge in [0.05, 0.1) is 5.54 Å². The van der Waals surface area contributed by atoms with E-state index < -0.39 is 17.2 Å². The number of fused-ring (bicyclic) bond motifs is 1. The molecule has 1 saturated carbocycles. The number of aromatic nitrogens is 1. The highest BCUT2D eigenvalue weighted by Gasteiger charge is 2.46. The van der Waals surface area contributed by atoms with Gasteiger partial charge in [-0.25, -0.2) is 9.78 Å². The van der Waals surface area contributed by atoms with Crippen molar-refractivity contribution < 1.29 is 28.6 Å². The first-order valence-electron chi connectivity index (χ1n) is 14.0. The molecule has 1 aliphatic rings. The SMILES string of the molecule is CNC(=O)c1cccc2cc(Oc3ccnc(NC(=O)c4ccc(OCC5(NC(=O)OC(C)(C)C)CC5)cc4)c3)ccc12. The highest BCUT2D eigenvalue weighted by atomic mass is 16.6. The number of nitrogens with zero attached hydrogens (tertiary/aromatic N) is 1. The summed E-state index contributed by atoms with van der Waals surface area (Å²) in [6, 6.07) is 21.0. The van der Waals surface area contributed by atoms with Gasteiger partial charge < -0.3 is 30.2 Å². The lowest BCUT2D eigenvalue weighted by Crippen LogP contribution is -2.44. The van der Waals surface area contributed by atoms with Crippen LogP contribution in [0, 0.1) is 0 Å². The predicted octanol–water partition coefficient (Wildman–Crippen LogP) is 6.08. The third-order valence-corrected chi connectivity index (χ3v) is 6.78. The zero-order chi connectivity index (χ0) is 30.6. The second kappa shape index (κ2) is 12.0. The van der Waals surface area contributed by atoms with Crippen molar-refractivity contribution in [1.82, 2.24) is 15.6 Å². The fourth-order valence-electron chi connectivity index (χ4n) is 4.43. The van der Waals surface area contributed by atoms with Crippen LogP contribution >= 0.6 is 0 Å². The Labute approximate surface area is 249 Å². The Morgan fingerprint density at radius 3 is 2.30 bits per heavy atom. The van der Waals surface area contributed by atoms with Gasteiger partial charge in [0.25, 0.3) is 11.8 Å². The number of ether oxygens (including phenoxy) is 3. The van der Waals surface area contributed by atoms with Crippen LogP contribution < -0.4 is 25.4 Å². The van der Waals surface area contributed by atoms with Gasteiger partial charge in [0.2, 0.25) is 0 Å². The van der Waals surface area contributed by atoms with Crippen LogP contribution in [0.25, 0.3) is 10.8 Å². The largest absolute Gasteiger partial charge is 0.491 e. The Kier molecular flexibility index (Phi) is 8.20. The number of hydrogen-bond acceptors (Lipinski definition) is 7. The summed E-state index contributed by atoms with van der Waals surface area (Å²) < 4.78 is 17.3. The van der Waals surface area contributed by atoms with Gasteiger partial charge in [0, 0.05) is 30.4 Å². The summed E-state index contributed by atoms with van der Waals surface area (Å²) >= 11 is 0. The maximum Gasteiger partial charge on any atom is 0.408 e. The number of anilines is 1. The van der Waals surface area contributed by atoms with Gasteiger partial charge in [0.1, 0.15) is 35.3 Å². The maximum absolute atomic E-state index is 12.9. The number of amides is 3. The number of alkyl carbamates (subject to hydrolysis) is 1. The van der Waals surface area contributed by atoms with Gasteiger partial charge in [-0.2, -0.15) is 0 Å². The van der Waals surface area contributed by atoms with Crippen molar-refractivity contribution in [2.75, 3.05) is 19.0 Å². The first-order valence-corrected chi connectivity index (χ1v) is 14.0. The number of rotatable bonds is 9. The third kappa shape index (κ3) is 7.59.